The van der Waals surface area contributed by atoms with Gasteiger partial charge in [-0.3, -0.25) is 9.36 Å². The number of nitrogens with one attached hydrogen (secondary N) is 2. The number of carbonyl (C=O) groups is 1. The van der Waals surface area contributed by atoms with E-state index in [0.29, 0.717) is 5.57 Å². The zero-order chi connectivity index (χ0) is 22.2. The number of para-hydroxylation sites is 2. The molecule has 0 unspecified atom stereocenters. The minimum Gasteiger partial charge on any atom is -0.329 e. The number of benzene rings is 3. The highest BCUT2D eigenvalue weighted by Crippen LogP contribution is 2.40. The van der Waals surface area contributed by atoms with E-state index in [9.17, 15) is 4.79 Å². The van der Waals surface area contributed by atoms with Gasteiger partial charge in [-0.05, 0) is 61.2 Å². The second kappa shape index (κ2) is 8.00. The molecule has 160 valence electrons. The number of nitrogens with zero attached hydrogens (tertiary/aromatic N) is 2. The maximum atomic E-state index is 13.7. The summed E-state index contributed by atoms with van der Waals surface area (Å²) >= 11 is 0. The van der Waals surface area contributed by atoms with Gasteiger partial charge in [-0.15, -0.1) is 0 Å². The number of carbonyl (C=O) groups excluding carboxylic acids is 1. The number of aromatic nitrogens is 2. The van der Waals surface area contributed by atoms with Crippen molar-refractivity contribution in [1.82, 2.24) is 9.55 Å². The number of aryl methyl sites for hydroxylation is 2. The van der Waals surface area contributed by atoms with E-state index in [1.165, 1.54) is 5.56 Å². The van der Waals surface area contributed by atoms with E-state index < -0.39 is 0 Å². The van der Waals surface area contributed by atoms with Gasteiger partial charge in [0.2, 0.25) is 5.95 Å². The van der Waals surface area contributed by atoms with Crippen LogP contribution in [0.4, 0.5) is 11.6 Å². The maximum absolute atomic E-state index is 13.7. The Morgan fingerprint density at radius 3 is 2.47 bits per heavy atom. The Hall–Kier alpha value is -3.86. The monoisotopic (exact) mass is 422 g/mol. The summed E-state index contributed by atoms with van der Waals surface area (Å²) in [7, 11) is 0. The van der Waals surface area contributed by atoms with Crippen LogP contribution in [0.25, 0.3) is 11.0 Å². The number of anilines is 2. The Balaban J connectivity index is 1.64. The van der Waals surface area contributed by atoms with Gasteiger partial charge in [0.1, 0.15) is 0 Å². The molecule has 0 aliphatic carbocycles. The summed E-state index contributed by atoms with van der Waals surface area (Å²) < 4.78 is 2.14. The molecule has 0 saturated carbocycles. The van der Waals surface area contributed by atoms with E-state index in [0.717, 1.165) is 45.9 Å². The van der Waals surface area contributed by atoms with Crippen molar-refractivity contribution in [2.45, 2.75) is 33.2 Å². The standard InChI is InChI=1S/C27H26N4O/c1-4-19-13-15-20(16-14-19)29-26(32)24-18(3)28-27-30-22-11-7-8-12-23(22)31(27)25(24)21-10-6-5-9-17(21)2/h5-16,25H,4H2,1-3H3,(H,28,30)(H,29,32)/t25-/m1/s1. The molecule has 32 heavy (non-hydrogen) atoms. The summed E-state index contributed by atoms with van der Waals surface area (Å²) in [6, 6.07) is 24.0. The first kappa shape index (κ1) is 20.1. The third-order valence-electron chi connectivity index (χ3n) is 6.18. The number of allylic oxidation sites excluding steroid dienone is 1. The third kappa shape index (κ3) is 3.36. The number of rotatable bonds is 4. The van der Waals surface area contributed by atoms with Crippen LogP contribution in [-0.4, -0.2) is 15.5 Å². The predicted octanol–water partition coefficient (Wildman–Crippen LogP) is 5.83. The van der Waals surface area contributed by atoms with Gasteiger partial charge in [0.05, 0.1) is 22.6 Å². The second-order valence-corrected chi connectivity index (χ2v) is 8.22. The lowest BCUT2D eigenvalue weighted by Gasteiger charge is -2.31. The molecule has 0 fully saturated rings. The number of amides is 1. The molecule has 2 heterocycles. The molecule has 5 heteroatoms. The molecular weight excluding hydrogens is 396 g/mol. The molecule has 4 aromatic rings. The Morgan fingerprint density at radius 2 is 1.72 bits per heavy atom. The maximum Gasteiger partial charge on any atom is 0.255 e. The van der Waals surface area contributed by atoms with Crippen LogP contribution in [0.3, 0.4) is 0 Å². The Labute approximate surface area is 187 Å². The van der Waals surface area contributed by atoms with E-state index in [2.05, 4.69) is 59.4 Å². The fraction of sp³-hybridized carbons (Fsp3) is 0.185. The zero-order valence-electron chi connectivity index (χ0n) is 18.5. The van der Waals surface area contributed by atoms with Crippen molar-refractivity contribution in [2.24, 2.45) is 0 Å². The molecule has 1 amide bonds. The van der Waals surface area contributed by atoms with Crippen molar-refractivity contribution >= 4 is 28.6 Å². The minimum atomic E-state index is -0.283. The lowest BCUT2D eigenvalue weighted by molar-refractivity contribution is -0.113. The van der Waals surface area contributed by atoms with Crippen LogP contribution >= 0.6 is 0 Å². The van der Waals surface area contributed by atoms with Crippen LogP contribution in [0.2, 0.25) is 0 Å². The molecule has 0 bridgehead atoms. The van der Waals surface area contributed by atoms with Crippen molar-refractivity contribution in [1.29, 1.82) is 0 Å². The fourth-order valence-corrected chi connectivity index (χ4v) is 4.47. The van der Waals surface area contributed by atoms with Crippen molar-refractivity contribution in [3.63, 3.8) is 0 Å². The summed E-state index contributed by atoms with van der Waals surface area (Å²) in [6.45, 7) is 6.16. The highest BCUT2D eigenvalue weighted by Gasteiger charge is 2.34. The first-order valence-electron chi connectivity index (χ1n) is 11.0. The second-order valence-electron chi connectivity index (χ2n) is 8.22. The smallest absolute Gasteiger partial charge is 0.255 e. The molecular formula is C27H26N4O. The van der Waals surface area contributed by atoms with Gasteiger partial charge in [-0.1, -0.05) is 55.5 Å². The molecule has 0 radical (unpaired) electrons. The van der Waals surface area contributed by atoms with Gasteiger partial charge in [0.25, 0.3) is 5.91 Å². The average molecular weight is 423 g/mol. The zero-order valence-corrected chi connectivity index (χ0v) is 18.5. The summed E-state index contributed by atoms with van der Waals surface area (Å²) in [6.07, 6.45) is 0.967. The van der Waals surface area contributed by atoms with Crippen molar-refractivity contribution in [3.05, 3.63) is 101 Å². The topological polar surface area (TPSA) is 59.0 Å². The normalized spacial score (nSPS) is 15.4. The Morgan fingerprint density at radius 1 is 1.00 bits per heavy atom. The predicted molar refractivity (Wildman–Crippen MR) is 130 cm³/mol. The molecule has 5 nitrogen and oxygen atoms in total. The number of fused-ring (bicyclic) bond motifs is 3. The molecule has 1 aliphatic rings. The highest BCUT2D eigenvalue weighted by molar-refractivity contribution is 6.06. The summed E-state index contributed by atoms with van der Waals surface area (Å²) in [5.41, 5.74) is 7.64. The van der Waals surface area contributed by atoms with Crippen LogP contribution in [0, 0.1) is 6.92 Å². The van der Waals surface area contributed by atoms with Gasteiger partial charge in [0, 0.05) is 11.4 Å². The van der Waals surface area contributed by atoms with E-state index in [4.69, 9.17) is 4.98 Å². The first-order chi connectivity index (χ1) is 15.6. The molecule has 5 rings (SSSR count). The highest BCUT2D eigenvalue weighted by atomic mass is 16.1. The molecule has 3 aromatic carbocycles. The lowest BCUT2D eigenvalue weighted by Crippen LogP contribution is -2.31. The number of hydrogen-bond donors (Lipinski definition) is 2. The number of imidazole rings is 1. The van der Waals surface area contributed by atoms with Crippen LogP contribution in [0.15, 0.2) is 84.1 Å². The molecule has 0 saturated heterocycles. The van der Waals surface area contributed by atoms with Crippen LogP contribution < -0.4 is 10.6 Å². The van der Waals surface area contributed by atoms with Gasteiger partial charge in [0.15, 0.2) is 0 Å². The minimum absolute atomic E-state index is 0.115. The van der Waals surface area contributed by atoms with Crippen LogP contribution in [0.1, 0.15) is 36.6 Å². The summed E-state index contributed by atoms with van der Waals surface area (Å²) in [5.74, 6) is 0.636. The molecule has 2 N–H and O–H groups in total. The molecule has 0 spiro atoms. The van der Waals surface area contributed by atoms with E-state index in [-0.39, 0.29) is 11.9 Å². The van der Waals surface area contributed by atoms with Gasteiger partial charge >= 0.3 is 0 Å². The van der Waals surface area contributed by atoms with Gasteiger partial charge < -0.3 is 10.6 Å². The van der Waals surface area contributed by atoms with E-state index in [1.807, 2.05) is 49.4 Å². The third-order valence-corrected chi connectivity index (χ3v) is 6.18. The lowest BCUT2D eigenvalue weighted by atomic mass is 9.91. The molecule has 1 aromatic heterocycles. The summed E-state index contributed by atoms with van der Waals surface area (Å²) in [5, 5.41) is 6.49. The van der Waals surface area contributed by atoms with Crippen LogP contribution in [0.5, 0.6) is 0 Å². The SMILES string of the molecule is CCc1ccc(NC(=O)C2=C(C)Nc3nc4ccccc4n3[C@@H]2c2ccccc2C)cc1. The van der Waals surface area contributed by atoms with Gasteiger partial charge in [-0.2, -0.15) is 0 Å². The van der Waals surface area contributed by atoms with Crippen molar-refractivity contribution < 1.29 is 4.79 Å². The van der Waals surface area contributed by atoms with Crippen molar-refractivity contribution in [3.8, 4) is 0 Å². The fourth-order valence-electron chi connectivity index (χ4n) is 4.47. The van der Waals surface area contributed by atoms with E-state index >= 15 is 0 Å². The summed E-state index contributed by atoms with van der Waals surface area (Å²) in [4.78, 5) is 18.4. The van der Waals surface area contributed by atoms with Crippen molar-refractivity contribution in [2.75, 3.05) is 10.6 Å². The number of hydrogen-bond acceptors (Lipinski definition) is 3. The molecule has 1 atom stereocenters. The Bertz CT molecular complexity index is 1350. The van der Waals surface area contributed by atoms with E-state index in [1.54, 1.807) is 0 Å². The quantitative estimate of drug-likeness (QED) is 0.435. The average Bonchev–Trinajstić information content (AvgIpc) is 3.17. The Kier molecular flexibility index (Phi) is 5.02. The van der Waals surface area contributed by atoms with Gasteiger partial charge in [-0.25, -0.2) is 4.98 Å². The largest absolute Gasteiger partial charge is 0.329 e. The first-order valence-corrected chi connectivity index (χ1v) is 11.0. The molecule has 1 aliphatic heterocycles. The van der Waals surface area contributed by atoms with Crippen LogP contribution in [-0.2, 0) is 11.2 Å².